The van der Waals surface area contributed by atoms with Gasteiger partial charge in [-0.3, -0.25) is 4.79 Å². The van der Waals surface area contributed by atoms with Gasteiger partial charge in [0.1, 0.15) is 36.3 Å². The molecule has 0 aromatic carbocycles. The first-order valence-electron chi connectivity index (χ1n) is 22.5. The Labute approximate surface area is 376 Å². The molecule has 0 radical (unpaired) electrons. The van der Waals surface area contributed by atoms with E-state index in [1.807, 2.05) is 0 Å². The van der Waals surface area contributed by atoms with Gasteiger partial charge in [-0.15, -0.1) is 17.2 Å². The van der Waals surface area contributed by atoms with E-state index < -0.39 is 15.1 Å². The third kappa shape index (κ3) is 12.6. The fraction of sp³-hybridized carbons (Fsp3) is 0.837. The average Bonchev–Trinajstić information content (AvgIpc) is 3.81. The molecule has 0 aliphatic carbocycles. The molecular weight excluding hydrogens is 908 g/mol. The highest BCUT2D eigenvalue weighted by atomic mass is 32.4. The van der Waals surface area contributed by atoms with Crippen LogP contribution >= 0.6 is 68.0 Å². The van der Waals surface area contributed by atoms with Crippen LogP contribution in [0.1, 0.15) is 111 Å². The van der Waals surface area contributed by atoms with E-state index in [0.717, 1.165) is 83.6 Å². The molecule has 8 bridgehead atoms. The van der Waals surface area contributed by atoms with E-state index in [-0.39, 0.29) is 103 Å². The molecule has 7 rings (SSSR count). The molecule has 340 valence electrons. The summed E-state index contributed by atoms with van der Waals surface area (Å²) in [5.41, 5.74) is 3.45. The van der Waals surface area contributed by atoms with Gasteiger partial charge >= 0.3 is 0 Å². The molecule has 7 aliphatic rings. The van der Waals surface area contributed by atoms with Crippen LogP contribution in [-0.2, 0) is 42.3 Å². The topological polar surface area (TPSA) is 90.9 Å². The zero-order chi connectivity index (χ0) is 42.8. The fourth-order valence-corrected chi connectivity index (χ4v) is 15.1. The Morgan fingerprint density at radius 3 is 2.17 bits per heavy atom. The van der Waals surface area contributed by atoms with Crippen molar-refractivity contribution in [1.82, 2.24) is 0 Å². The molecule has 0 aromatic rings. The molecule has 0 N–H and O–H groups in total. The van der Waals surface area contributed by atoms with Gasteiger partial charge in [0.15, 0.2) is 0 Å². The van der Waals surface area contributed by atoms with Crippen LogP contribution in [0.25, 0.3) is 0 Å². The van der Waals surface area contributed by atoms with Crippen LogP contribution in [0.3, 0.4) is 0 Å². The number of ether oxygens (including phenoxy) is 6. The molecule has 7 fully saturated rings. The summed E-state index contributed by atoms with van der Waals surface area (Å²) in [6.45, 7) is 20.5. The Morgan fingerprint density at radius 1 is 0.733 bits per heavy atom. The van der Waals surface area contributed by atoms with Gasteiger partial charge in [0, 0.05) is 19.3 Å². The summed E-state index contributed by atoms with van der Waals surface area (Å²) in [6, 6.07) is 0. The van der Waals surface area contributed by atoms with Gasteiger partial charge in [0.05, 0.1) is 70.0 Å². The highest BCUT2D eigenvalue weighted by Gasteiger charge is 2.59. The van der Waals surface area contributed by atoms with E-state index in [9.17, 15) is 4.79 Å². The molecule has 17 heteroatoms. The molecule has 0 amide bonds. The molecule has 24 atom stereocenters. The van der Waals surface area contributed by atoms with Gasteiger partial charge in [-0.25, -0.2) is 0 Å². The molecule has 0 spiro atoms. The molecule has 9 nitrogen and oxygen atoms in total. The second kappa shape index (κ2) is 22.9. The number of carbonyl (C=O) groups excluding carboxylic acids is 1. The average molecular weight is 983 g/mol. The largest absolute Gasteiger partial charge is 0.374 e. The van der Waals surface area contributed by atoms with E-state index in [2.05, 4.69) is 85.2 Å². The van der Waals surface area contributed by atoms with Crippen molar-refractivity contribution < 1.29 is 42.3 Å². The first kappa shape index (κ1) is 49.9. The minimum atomic E-state index is -0.901. The van der Waals surface area contributed by atoms with Gasteiger partial charge in [-0.05, 0) is 112 Å². The number of fused-ring (bicyclic) bond motifs is 7. The van der Waals surface area contributed by atoms with Crippen LogP contribution in [0.5, 0.6) is 0 Å². The molecule has 0 aromatic heterocycles. The van der Waals surface area contributed by atoms with Crippen molar-refractivity contribution in [3.05, 3.63) is 36.5 Å². The Hall–Kier alpha value is 2.01. The Kier molecular flexibility index (Phi) is 19.0. The highest BCUT2D eigenvalue weighted by molar-refractivity contribution is 8.41. The molecule has 60 heavy (non-hydrogen) atoms. The van der Waals surface area contributed by atoms with E-state index in [0.29, 0.717) is 31.1 Å². The Balaban J connectivity index is 1.14. The fourth-order valence-electron chi connectivity index (χ4n) is 11.2. The lowest BCUT2D eigenvalue weighted by atomic mass is 9.78. The quantitative estimate of drug-likeness (QED) is 0.165. The number of rotatable bonds is 9. The zero-order valence-electron chi connectivity index (χ0n) is 36.1. The summed E-state index contributed by atoms with van der Waals surface area (Å²) in [6.07, 6.45) is 10.5. The number of ketones is 1. The standard InChI is InChI=1S/C43H74O9P8/c1-22-7-8-29-18-25(4)33(45-29)11-9-30-17-24(3)26(5)36(46-30)21-37-32(27(6)35(48-37)15-23(2)13-14-58-53)20-28(44)19-31-10-12-34-39(47-31)43(52-60(56)57)42-41(49-34)40(51-59(54)55)38(16-22)50-42/h23-24,27,29-43,58H,1,4-5,7-21,53-57H2,2-3,6H3/t23-,24-,27-,29?,30?,31-,32?,33?,34+,35-,36-,37+,38-,39+,40+,41+,42-,43+/m1/s1. The maximum atomic E-state index is 14.3. The third-order valence-corrected chi connectivity index (χ3v) is 18.4. The van der Waals surface area contributed by atoms with Gasteiger partial charge in [-0.1, -0.05) is 81.8 Å². The lowest BCUT2D eigenvalue weighted by Crippen LogP contribution is -2.61. The predicted molar refractivity (Wildman–Crippen MR) is 265 cm³/mol. The zero-order valence-corrected chi connectivity index (χ0v) is 44.6. The second-order valence-corrected chi connectivity index (χ2v) is 32.8. The van der Waals surface area contributed by atoms with Crippen molar-refractivity contribution in [3.8, 4) is 0 Å². The molecule has 7 saturated heterocycles. The number of hydrogen-bond acceptors (Lipinski definition) is 9. The summed E-state index contributed by atoms with van der Waals surface area (Å²) in [7, 11) is 13.2. The van der Waals surface area contributed by atoms with Gasteiger partial charge in [0.25, 0.3) is 0 Å². The van der Waals surface area contributed by atoms with Gasteiger partial charge in [-0.2, -0.15) is 0 Å². The Bertz CT molecular complexity index is 1510. The number of Topliss-reactive ketones (excluding diaryl/α,β-unsaturated/α-hetero) is 1. The van der Waals surface area contributed by atoms with Crippen molar-refractivity contribution in [2.45, 2.75) is 196 Å². The van der Waals surface area contributed by atoms with Crippen molar-refractivity contribution >= 4 is 73.7 Å². The van der Waals surface area contributed by atoms with Gasteiger partial charge < -0.3 is 37.5 Å². The third-order valence-electron chi connectivity index (χ3n) is 14.6. The smallest absolute Gasteiger partial charge is 0.135 e. The van der Waals surface area contributed by atoms with E-state index >= 15 is 0 Å². The van der Waals surface area contributed by atoms with E-state index in [4.69, 9.17) is 37.5 Å². The summed E-state index contributed by atoms with van der Waals surface area (Å²) in [4.78, 5) is 14.3. The maximum Gasteiger partial charge on any atom is 0.135 e. The van der Waals surface area contributed by atoms with Crippen LogP contribution < -0.4 is 0 Å². The minimum absolute atomic E-state index is 0.0326. The van der Waals surface area contributed by atoms with Crippen LogP contribution in [0, 0.1) is 23.7 Å². The highest BCUT2D eigenvalue weighted by Crippen LogP contribution is 2.60. The summed E-state index contributed by atoms with van der Waals surface area (Å²) in [5, 5.41) is 0. The summed E-state index contributed by atoms with van der Waals surface area (Å²) < 4.78 is 54.8. The molecule has 7 aliphatic heterocycles. The molecular formula is C43H74O9P8. The van der Waals surface area contributed by atoms with Crippen LogP contribution in [0.2, 0.25) is 0 Å². The van der Waals surface area contributed by atoms with Crippen molar-refractivity contribution in [3.63, 3.8) is 0 Å². The first-order valence-corrected chi connectivity index (χ1v) is 34.5. The van der Waals surface area contributed by atoms with Crippen LogP contribution in [-0.4, -0.2) is 97.4 Å². The first-order chi connectivity index (χ1) is 28.7. The normalized spacial score (nSPS) is 43.9. The van der Waals surface area contributed by atoms with Crippen molar-refractivity contribution in [1.29, 1.82) is 0 Å². The molecule has 10 unspecified atom stereocenters. The van der Waals surface area contributed by atoms with Crippen LogP contribution in [0.15, 0.2) is 36.5 Å². The monoisotopic (exact) mass is 982 g/mol. The molecule has 7 heterocycles. The minimum Gasteiger partial charge on any atom is -0.374 e. The maximum absolute atomic E-state index is 14.3. The van der Waals surface area contributed by atoms with Crippen molar-refractivity contribution in [2.75, 3.05) is 6.16 Å². The summed E-state index contributed by atoms with van der Waals surface area (Å²) >= 11 is 0. The summed E-state index contributed by atoms with van der Waals surface area (Å²) in [5.74, 6) is 1.51. The van der Waals surface area contributed by atoms with Crippen molar-refractivity contribution in [2.24, 2.45) is 23.7 Å². The second-order valence-electron chi connectivity index (χ2n) is 19.1. The van der Waals surface area contributed by atoms with E-state index in [1.54, 1.807) is 0 Å². The molecule has 0 saturated carbocycles. The SMILES string of the molecule is C=C1CCC2CC(=C)C(CCC3C[C@@H](C)C(=C)[C@@H](C[C@@H]4O[C@H](C[C@H](C)CCPP)[C@H](C)C4CC(=O)C[C@H]4CC[C@@H]5O[C@@H]6[C@@H](O[C@H](C1)[C@@H]6OP(P)P)[C@@H](OP(P)P)[C@H]5O4)O3)O2. The van der Waals surface area contributed by atoms with E-state index in [1.165, 1.54) is 18.2 Å². The number of hydrogen-bond donors (Lipinski definition) is 0. The lowest BCUT2D eigenvalue weighted by Gasteiger charge is -2.48. The number of carbonyl (C=O) groups is 1. The predicted octanol–water partition coefficient (Wildman–Crippen LogP) is 11.0. The van der Waals surface area contributed by atoms with Crippen LogP contribution in [0.4, 0.5) is 0 Å². The lowest BCUT2D eigenvalue weighted by molar-refractivity contribution is -0.251. The Morgan fingerprint density at radius 2 is 1.42 bits per heavy atom. The van der Waals surface area contributed by atoms with Gasteiger partial charge in [0.2, 0.25) is 0 Å².